The lowest BCUT2D eigenvalue weighted by atomic mass is 10.2. The fourth-order valence-electron chi connectivity index (χ4n) is 1.65. The Morgan fingerprint density at radius 2 is 2.17 bits per heavy atom. The monoisotopic (exact) mass is 252 g/mol. The number of nitrogens with zero attached hydrogens (tertiary/aromatic N) is 1. The molecule has 1 aromatic carbocycles. The number of nitrogens with one attached hydrogen (secondary N) is 1. The Labute approximate surface area is 106 Å². The minimum absolute atomic E-state index is 0.0989. The highest BCUT2D eigenvalue weighted by Crippen LogP contribution is 2.19. The molecule has 18 heavy (non-hydrogen) atoms. The van der Waals surface area contributed by atoms with Crippen LogP contribution < -0.4 is 10.2 Å². The highest BCUT2D eigenvalue weighted by molar-refractivity contribution is 5.82. The summed E-state index contributed by atoms with van der Waals surface area (Å²) in [6.45, 7) is 4.82. The maximum atomic E-state index is 13.8. The quantitative estimate of drug-likeness (QED) is 0.782. The zero-order chi connectivity index (χ0) is 13.5. The summed E-state index contributed by atoms with van der Waals surface area (Å²) >= 11 is 0. The van der Waals surface area contributed by atoms with Crippen LogP contribution in [0.4, 0.5) is 10.1 Å². The Morgan fingerprint density at radius 1 is 1.44 bits per heavy atom. The van der Waals surface area contributed by atoms with Crippen LogP contribution in [0.2, 0.25) is 0 Å². The first-order chi connectivity index (χ1) is 8.62. The van der Waals surface area contributed by atoms with E-state index in [-0.39, 0.29) is 18.0 Å². The van der Waals surface area contributed by atoms with Gasteiger partial charge in [0.05, 0.1) is 12.2 Å². The molecule has 0 unspecified atom stereocenters. The minimum Gasteiger partial charge on any atom is -0.360 e. The first kappa shape index (κ1) is 14.2. The Balaban J connectivity index is 2.88. The Morgan fingerprint density at radius 3 is 2.67 bits per heavy atom. The highest BCUT2D eigenvalue weighted by atomic mass is 19.1. The van der Waals surface area contributed by atoms with E-state index in [1.54, 1.807) is 4.90 Å². The van der Waals surface area contributed by atoms with Gasteiger partial charge in [0.15, 0.2) is 0 Å². The number of hydrogen-bond acceptors (Lipinski definition) is 3. The van der Waals surface area contributed by atoms with E-state index in [9.17, 15) is 14.0 Å². The summed E-state index contributed by atoms with van der Waals surface area (Å²) in [6.07, 6.45) is 0.590. The fraction of sp³-hybridized carbons (Fsp3) is 0.385. The van der Waals surface area contributed by atoms with Crippen molar-refractivity contribution in [3.63, 3.8) is 0 Å². The molecule has 0 radical (unpaired) electrons. The van der Waals surface area contributed by atoms with Gasteiger partial charge >= 0.3 is 0 Å². The van der Waals surface area contributed by atoms with Crippen molar-refractivity contribution in [2.45, 2.75) is 13.8 Å². The molecule has 5 heteroatoms. The van der Waals surface area contributed by atoms with Gasteiger partial charge in [-0.3, -0.25) is 9.59 Å². The molecule has 98 valence electrons. The van der Waals surface area contributed by atoms with Crippen molar-refractivity contribution in [2.75, 3.05) is 24.5 Å². The number of carbonyl (C=O) groups excluding carboxylic acids is 2. The molecule has 0 aliphatic heterocycles. The van der Waals surface area contributed by atoms with Crippen molar-refractivity contribution in [3.8, 4) is 0 Å². The van der Waals surface area contributed by atoms with Gasteiger partial charge in [-0.05, 0) is 32.0 Å². The number of aldehydes is 1. The number of rotatable bonds is 6. The minimum atomic E-state index is -0.495. The molecular weight excluding hydrogens is 235 g/mol. The highest BCUT2D eigenvalue weighted by Gasteiger charge is 2.13. The largest absolute Gasteiger partial charge is 0.360 e. The van der Waals surface area contributed by atoms with Gasteiger partial charge in [0.2, 0.25) is 5.91 Å². The van der Waals surface area contributed by atoms with Crippen LogP contribution in [-0.4, -0.2) is 31.8 Å². The predicted molar refractivity (Wildman–Crippen MR) is 68.4 cm³/mol. The van der Waals surface area contributed by atoms with E-state index in [0.717, 1.165) is 0 Å². The Bertz CT molecular complexity index is 435. The molecule has 1 aromatic rings. The summed E-state index contributed by atoms with van der Waals surface area (Å²) in [7, 11) is 0. The van der Waals surface area contributed by atoms with Gasteiger partial charge in [-0.15, -0.1) is 0 Å². The molecule has 0 saturated heterocycles. The third-order valence-electron chi connectivity index (χ3n) is 2.54. The van der Waals surface area contributed by atoms with Crippen molar-refractivity contribution < 1.29 is 14.0 Å². The van der Waals surface area contributed by atoms with Gasteiger partial charge in [0.25, 0.3) is 0 Å². The second-order valence-corrected chi connectivity index (χ2v) is 3.80. The summed E-state index contributed by atoms with van der Waals surface area (Å²) in [4.78, 5) is 23.6. The first-order valence-corrected chi connectivity index (χ1v) is 5.88. The molecule has 0 heterocycles. The van der Waals surface area contributed by atoms with Crippen molar-refractivity contribution in [2.24, 2.45) is 0 Å². The zero-order valence-electron chi connectivity index (χ0n) is 10.6. The van der Waals surface area contributed by atoms with Crippen LogP contribution in [0.15, 0.2) is 18.2 Å². The maximum Gasteiger partial charge on any atom is 0.239 e. The molecule has 0 aromatic heterocycles. The average molecular weight is 252 g/mol. The van der Waals surface area contributed by atoms with E-state index in [1.807, 2.05) is 13.8 Å². The third-order valence-corrected chi connectivity index (χ3v) is 2.54. The number of amides is 1. The summed E-state index contributed by atoms with van der Waals surface area (Å²) in [5.74, 6) is -0.649. The normalized spacial score (nSPS) is 9.94. The molecule has 1 N–H and O–H groups in total. The van der Waals surface area contributed by atoms with Crippen molar-refractivity contribution in [3.05, 3.63) is 29.6 Å². The second-order valence-electron chi connectivity index (χ2n) is 3.80. The zero-order valence-corrected chi connectivity index (χ0v) is 10.6. The molecule has 1 rings (SSSR count). The molecule has 0 fully saturated rings. The van der Waals surface area contributed by atoms with Crippen molar-refractivity contribution in [1.82, 2.24) is 5.32 Å². The molecule has 0 bridgehead atoms. The van der Waals surface area contributed by atoms with Crippen LogP contribution in [0.3, 0.4) is 0 Å². The van der Waals surface area contributed by atoms with Crippen LogP contribution in [0, 0.1) is 5.82 Å². The number of halogens is 1. The molecule has 4 nitrogen and oxygen atoms in total. The summed E-state index contributed by atoms with van der Waals surface area (Å²) in [5.41, 5.74) is 0.611. The topological polar surface area (TPSA) is 49.4 Å². The van der Waals surface area contributed by atoms with Gasteiger partial charge in [-0.2, -0.15) is 0 Å². The second kappa shape index (κ2) is 6.74. The molecular formula is C13H17FN2O2. The number of anilines is 1. The van der Waals surface area contributed by atoms with Crippen molar-refractivity contribution in [1.29, 1.82) is 0 Å². The van der Waals surface area contributed by atoms with E-state index >= 15 is 0 Å². The van der Waals surface area contributed by atoms with Gasteiger partial charge in [-0.1, -0.05) is 0 Å². The fourth-order valence-corrected chi connectivity index (χ4v) is 1.65. The predicted octanol–water partition coefficient (Wildman–Crippen LogP) is 1.60. The van der Waals surface area contributed by atoms with E-state index < -0.39 is 5.82 Å². The smallest absolute Gasteiger partial charge is 0.239 e. The van der Waals surface area contributed by atoms with E-state index in [2.05, 4.69) is 5.32 Å². The van der Waals surface area contributed by atoms with Crippen LogP contribution in [0.5, 0.6) is 0 Å². The van der Waals surface area contributed by atoms with Crippen LogP contribution in [0.1, 0.15) is 24.2 Å². The standard InChI is InChI=1S/C13H17FN2O2/c1-3-15-13(18)8-16(4-2)12-6-5-10(9-17)7-11(12)14/h5-7,9H,3-4,8H2,1-2H3,(H,15,18). The molecule has 0 aliphatic carbocycles. The van der Waals surface area contributed by atoms with Crippen LogP contribution >= 0.6 is 0 Å². The summed E-state index contributed by atoms with van der Waals surface area (Å²) in [6, 6.07) is 4.22. The summed E-state index contributed by atoms with van der Waals surface area (Å²) < 4.78 is 13.8. The lowest BCUT2D eigenvalue weighted by Gasteiger charge is -2.22. The van der Waals surface area contributed by atoms with Crippen molar-refractivity contribution >= 4 is 17.9 Å². The maximum absolute atomic E-state index is 13.8. The van der Waals surface area contributed by atoms with E-state index in [4.69, 9.17) is 0 Å². The molecule has 1 amide bonds. The number of likely N-dealkylation sites (N-methyl/N-ethyl adjacent to an activating group) is 2. The Kier molecular flexibility index (Phi) is 5.30. The number of carbonyl (C=O) groups is 2. The van der Waals surface area contributed by atoms with Gasteiger partial charge < -0.3 is 10.2 Å². The average Bonchev–Trinajstić information content (AvgIpc) is 2.36. The van der Waals surface area contributed by atoms with E-state index in [0.29, 0.717) is 25.1 Å². The lowest BCUT2D eigenvalue weighted by Crippen LogP contribution is -2.37. The van der Waals surface area contributed by atoms with Gasteiger partial charge in [-0.25, -0.2) is 4.39 Å². The SMILES string of the molecule is CCNC(=O)CN(CC)c1ccc(C=O)cc1F. The summed E-state index contributed by atoms with van der Waals surface area (Å²) in [5, 5.41) is 2.66. The van der Waals surface area contributed by atoms with Crippen LogP contribution in [-0.2, 0) is 4.79 Å². The lowest BCUT2D eigenvalue weighted by molar-refractivity contribution is -0.119. The Hall–Kier alpha value is -1.91. The molecule has 0 aliphatic rings. The molecule has 0 spiro atoms. The van der Waals surface area contributed by atoms with Gasteiger partial charge in [0.1, 0.15) is 12.1 Å². The third kappa shape index (κ3) is 3.55. The number of hydrogen-bond donors (Lipinski definition) is 1. The first-order valence-electron chi connectivity index (χ1n) is 5.88. The van der Waals surface area contributed by atoms with Crippen LogP contribution in [0.25, 0.3) is 0 Å². The van der Waals surface area contributed by atoms with E-state index in [1.165, 1.54) is 18.2 Å². The van der Waals surface area contributed by atoms with Gasteiger partial charge in [0, 0.05) is 18.7 Å². The molecule has 0 saturated carbocycles. The molecule has 0 atom stereocenters. The number of benzene rings is 1.